The van der Waals surface area contributed by atoms with E-state index in [9.17, 15) is 14.4 Å². The zero-order valence-electron chi connectivity index (χ0n) is 22.3. The Kier molecular flexibility index (Phi) is 14.5. The van der Waals surface area contributed by atoms with Crippen LogP contribution in [0.4, 0.5) is 0 Å². The number of esters is 3. The maximum Gasteiger partial charge on any atom is 0.308 e. The van der Waals surface area contributed by atoms with E-state index in [0.717, 1.165) is 37.7 Å². The van der Waals surface area contributed by atoms with Crippen molar-refractivity contribution >= 4 is 17.9 Å². The normalized spacial score (nSPS) is 10.6. The molecule has 1 aromatic rings. The molecule has 0 radical (unpaired) electrons. The standard InChI is InChI=1S/C27H42O8/c1-19-23(17-15-13-11-9-7-8-10-12-14-16-18-33-20(2)28)25(35-22(4)30)27(32-6)26(31-5)24(19)34-21(3)29/h7-18H2,1-6H3. The molecule has 0 aliphatic heterocycles. The summed E-state index contributed by atoms with van der Waals surface area (Å²) in [5, 5.41) is 0. The van der Waals surface area contributed by atoms with Gasteiger partial charge in [-0.2, -0.15) is 0 Å². The Hall–Kier alpha value is -2.77. The zero-order chi connectivity index (χ0) is 26.2. The lowest BCUT2D eigenvalue weighted by molar-refractivity contribution is -0.141. The van der Waals surface area contributed by atoms with Gasteiger partial charge in [-0.1, -0.05) is 51.4 Å². The molecule has 0 atom stereocenters. The van der Waals surface area contributed by atoms with Crippen LogP contribution in [-0.4, -0.2) is 38.7 Å². The second kappa shape index (κ2) is 16.8. The summed E-state index contributed by atoms with van der Waals surface area (Å²) < 4.78 is 26.8. The Morgan fingerprint density at radius 1 is 0.571 bits per heavy atom. The minimum atomic E-state index is -0.468. The van der Waals surface area contributed by atoms with Gasteiger partial charge in [-0.15, -0.1) is 0 Å². The fraction of sp³-hybridized carbons (Fsp3) is 0.667. The van der Waals surface area contributed by atoms with Crippen LogP contribution < -0.4 is 18.9 Å². The van der Waals surface area contributed by atoms with Gasteiger partial charge in [0.1, 0.15) is 0 Å². The van der Waals surface area contributed by atoms with Crippen LogP contribution in [0.2, 0.25) is 0 Å². The number of unbranched alkanes of at least 4 members (excludes halogenated alkanes) is 9. The first-order valence-electron chi connectivity index (χ1n) is 12.5. The van der Waals surface area contributed by atoms with E-state index in [2.05, 4.69) is 0 Å². The Bertz CT molecular complexity index is 831. The molecule has 0 N–H and O–H groups in total. The van der Waals surface area contributed by atoms with E-state index in [1.807, 2.05) is 6.92 Å². The highest BCUT2D eigenvalue weighted by Crippen LogP contribution is 2.50. The summed E-state index contributed by atoms with van der Waals surface area (Å²) in [5.41, 5.74) is 1.48. The van der Waals surface area contributed by atoms with Crippen LogP contribution in [0.5, 0.6) is 23.0 Å². The van der Waals surface area contributed by atoms with Crippen LogP contribution >= 0.6 is 0 Å². The lowest BCUT2D eigenvalue weighted by atomic mass is 9.97. The highest BCUT2D eigenvalue weighted by Gasteiger charge is 2.27. The summed E-state index contributed by atoms with van der Waals surface area (Å²) in [6.07, 6.45) is 11.7. The van der Waals surface area contributed by atoms with Gasteiger partial charge in [0.15, 0.2) is 11.5 Å². The minimum Gasteiger partial charge on any atom is -0.490 e. The topological polar surface area (TPSA) is 97.4 Å². The van der Waals surface area contributed by atoms with Crippen LogP contribution in [0.3, 0.4) is 0 Å². The molecule has 0 fully saturated rings. The van der Waals surface area contributed by atoms with Crippen molar-refractivity contribution in [2.75, 3.05) is 20.8 Å². The maximum absolute atomic E-state index is 11.8. The van der Waals surface area contributed by atoms with Crippen molar-refractivity contribution < 1.29 is 38.1 Å². The monoisotopic (exact) mass is 494 g/mol. The van der Waals surface area contributed by atoms with Gasteiger partial charge in [-0.3, -0.25) is 14.4 Å². The third-order valence-corrected chi connectivity index (χ3v) is 5.71. The van der Waals surface area contributed by atoms with Crippen molar-refractivity contribution in [3.63, 3.8) is 0 Å². The minimum absolute atomic E-state index is 0.210. The molecule has 0 heterocycles. The molecule has 198 valence electrons. The smallest absolute Gasteiger partial charge is 0.308 e. The van der Waals surface area contributed by atoms with E-state index in [1.54, 1.807) is 0 Å². The number of hydrogen-bond donors (Lipinski definition) is 0. The van der Waals surface area contributed by atoms with E-state index < -0.39 is 11.9 Å². The first-order valence-corrected chi connectivity index (χ1v) is 12.5. The Balaban J connectivity index is 2.61. The average Bonchev–Trinajstić information content (AvgIpc) is 2.79. The Labute approximate surface area is 209 Å². The van der Waals surface area contributed by atoms with Gasteiger partial charge in [-0.05, 0) is 26.2 Å². The number of carbonyl (C=O) groups excluding carboxylic acids is 3. The number of carbonyl (C=O) groups is 3. The molecule has 1 aromatic carbocycles. The van der Waals surface area contributed by atoms with Crippen molar-refractivity contribution in [2.24, 2.45) is 0 Å². The van der Waals surface area contributed by atoms with Crippen LogP contribution in [0.25, 0.3) is 0 Å². The predicted molar refractivity (Wildman–Crippen MR) is 133 cm³/mol. The second-order valence-corrected chi connectivity index (χ2v) is 8.64. The van der Waals surface area contributed by atoms with E-state index in [-0.39, 0.29) is 23.2 Å². The third kappa shape index (κ3) is 11.0. The third-order valence-electron chi connectivity index (χ3n) is 5.71. The van der Waals surface area contributed by atoms with Gasteiger partial charge in [0.05, 0.1) is 20.8 Å². The molecule has 0 spiro atoms. The van der Waals surface area contributed by atoms with Crippen molar-refractivity contribution in [3.05, 3.63) is 11.1 Å². The van der Waals surface area contributed by atoms with E-state index in [0.29, 0.717) is 24.3 Å². The van der Waals surface area contributed by atoms with Crippen molar-refractivity contribution in [1.29, 1.82) is 0 Å². The van der Waals surface area contributed by atoms with Gasteiger partial charge < -0.3 is 23.7 Å². The molecule has 0 aromatic heterocycles. The second-order valence-electron chi connectivity index (χ2n) is 8.64. The molecule has 8 heteroatoms. The maximum atomic E-state index is 11.8. The van der Waals surface area contributed by atoms with Crippen molar-refractivity contribution in [3.8, 4) is 23.0 Å². The van der Waals surface area contributed by atoms with Crippen LogP contribution in [0.1, 0.15) is 96.1 Å². The van der Waals surface area contributed by atoms with Crippen LogP contribution in [0, 0.1) is 6.92 Å². The SMILES string of the molecule is COc1c(OC(C)=O)c(C)c(CCCCCCCCCCCCOC(C)=O)c(OC(C)=O)c1OC. The Morgan fingerprint density at radius 3 is 1.46 bits per heavy atom. The van der Waals surface area contributed by atoms with Gasteiger partial charge in [0, 0.05) is 31.9 Å². The summed E-state index contributed by atoms with van der Waals surface area (Å²) in [6, 6.07) is 0. The molecule has 0 saturated carbocycles. The van der Waals surface area contributed by atoms with Crippen LogP contribution in [-0.2, 0) is 25.5 Å². The number of ether oxygens (including phenoxy) is 5. The van der Waals surface area contributed by atoms with Gasteiger partial charge >= 0.3 is 17.9 Å². The van der Waals surface area contributed by atoms with E-state index in [1.165, 1.54) is 67.1 Å². The Morgan fingerprint density at radius 2 is 1.00 bits per heavy atom. The molecule has 35 heavy (non-hydrogen) atoms. The molecule has 8 nitrogen and oxygen atoms in total. The molecule has 0 amide bonds. The molecular weight excluding hydrogens is 452 g/mol. The summed E-state index contributed by atoms with van der Waals surface area (Å²) in [6.45, 7) is 6.46. The van der Waals surface area contributed by atoms with Crippen LogP contribution in [0.15, 0.2) is 0 Å². The van der Waals surface area contributed by atoms with Gasteiger partial charge in [0.25, 0.3) is 0 Å². The summed E-state index contributed by atoms with van der Waals surface area (Å²) in [5.74, 6) is -0.0612. The first kappa shape index (κ1) is 30.3. The molecule has 0 unspecified atom stereocenters. The number of rotatable bonds is 17. The fourth-order valence-electron chi connectivity index (χ4n) is 4.04. The highest BCUT2D eigenvalue weighted by molar-refractivity contribution is 5.78. The summed E-state index contributed by atoms with van der Waals surface area (Å²) >= 11 is 0. The molecule has 0 saturated heterocycles. The lowest BCUT2D eigenvalue weighted by Gasteiger charge is -2.21. The average molecular weight is 495 g/mol. The largest absolute Gasteiger partial charge is 0.490 e. The first-order chi connectivity index (χ1) is 16.7. The number of benzene rings is 1. The molecule has 0 aliphatic rings. The summed E-state index contributed by atoms with van der Waals surface area (Å²) in [4.78, 5) is 34.2. The fourth-order valence-corrected chi connectivity index (χ4v) is 4.04. The summed E-state index contributed by atoms with van der Waals surface area (Å²) in [7, 11) is 2.91. The molecule has 0 aliphatic carbocycles. The lowest BCUT2D eigenvalue weighted by Crippen LogP contribution is -2.12. The molecular formula is C27H42O8. The van der Waals surface area contributed by atoms with E-state index >= 15 is 0 Å². The number of hydrogen-bond acceptors (Lipinski definition) is 8. The predicted octanol–water partition coefficient (Wildman–Crippen LogP) is 5.87. The van der Waals surface area contributed by atoms with Gasteiger partial charge in [-0.25, -0.2) is 0 Å². The van der Waals surface area contributed by atoms with E-state index in [4.69, 9.17) is 23.7 Å². The highest BCUT2D eigenvalue weighted by atomic mass is 16.6. The molecule has 1 rings (SSSR count). The zero-order valence-corrected chi connectivity index (χ0v) is 22.3. The molecule has 0 bridgehead atoms. The number of methoxy groups -OCH3 is 2. The quantitative estimate of drug-likeness (QED) is 0.151. The van der Waals surface area contributed by atoms with Crippen molar-refractivity contribution in [1.82, 2.24) is 0 Å². The van der Waals surface area contributed by atoms with Gasteiger partial charge in [0.2, 0.25) is 11.5 Å². The van der Waals surface area contributed by atoms with Crippen molar-refractivity contribution in [2.45, 2.75) is 98.3 Å².